The minimum atomic E-state index is -0.983. The molecule has 0 unspecified atom stereocenters. The van der Waals surface area contributed by atoms with Gasteiger partial charge in [0.05, 0.1) is 18.8 Å². The van der Waals surface area contributed by atoms with Gasteiger partial charge in [0.1, 0.15) is 12.2 Å². The van der Waals surface area contributed by atoms with E-state index in [2.05, 4.69) is 10.3 Å². The molecule has 0 bridgehead atoms. The van der Waals surface area contributed by atoms with Crippen LogP contribution in [-0.4, -0.2) is 48.4 Å². The SMILES string of the molecule is CCOC(=O)CNC(=O)C(=O)c1[nH]c(C)c(C(=O)OCC)c1-c1ccc(C)cc1. The number of nitrogens with one attached hydrogen (secondary N) is 2. The lowest BCUT2D eigenvalue weighted by molar-refractivity contribution is -0.143. The standard InChI is InChI=1S/C21H24N2O6/c1-5-28-15(24)11-22-20(26)19(25)18-17(14-9-7-12(3)8-10-14)16(13(4)23-18)21(27)29-6-2/h7-10,23H,5-6,11H2,1-4H3,(H,22,26). The number of esters is 2. The van der Waals surface area contributed by atoms with Crippen LogP contribution in [0.3, 0.4) is 0 Å². The first-order valence-corrected chi connectivity index (χ1v) is 9.24. The van der Waals surface area contributed by atoms with Crippen molar-refractivity contribution < 1.29 is 28.7 Å². The third-order valence-electron chi connectivity index (χ3n) is 4.14. The molecule has 0 spiro atoms. The molecule has 0 saturated carbocycles. The first-order valence-electron chi connectivity index (χ1n) is 9.24. The molecule has 0 fully saturated rings. The fourth-order valence-electron chi connectivity index (χ4n) is 2.82. The van der Waals surface area contributed by atoms with Gasteiger partial charge in [-0.05, 0) is 33.3 Å². The maximum Gasteiger partial charge on any atom is 0.340 e. The second-order valence-electron chi connectivity index (χ2n) is 6.28. The summed E-state index contributed by atoms with van der Waals surface area (Å²) in [6.07, 6.45) is 0. The van der Waals surface area contributed by atoms with Crippen molar-refractivity contribution in [3.8, 4) is 11.1 Å². The highest BCUT2D eigenvalue weighted by Crippen LogP contribution is 2.31. The molecule has 1 aromatic carbocycles. The topological polar surface area (TPSA) is 115 Å². The van der Waals surface area contributed by atoms with Crippen molar-refractivity contribution in [1.82, 2.24) is 10.3 Å². The first-order chi connectivity index (χ1) is 13.8. The molecule has 0 aliphatic heterocycles. The highest BCUT2D eigenvalue weighted by Gasteiger charge is 2.29. The first kappa shape index (κ1) is 21.9. The van der Waals surface area contributed by atoms with Crippen LogP contribution in [0.4, 0.5) is 0 Å². The Morgan fingerprint density at radius 2 is 1.59 bits per heavy atom. The molecule has 154 valence electrons. The summed E-state index contributed by atoms with van der Waals surface area (Å²) in [5.74, 6) is -3.13. The van der Waals surface area contributed by atoms with Crippen LogP contribution < -0.4 is 5.32 Å². The van der Waals surface area contributed by atoms with Crippen LogP contribution in [0.1, 0.15) is 46.0 Å². The number of aromatic amines is 1. The normalized spacial score (nSPS) is 10.3. The fourth-order valence-corrected chi connectivity index (χ4v) is 2.82. The highest BCUT2D eigenvalue weighted by atomic mass is 16.5. The van der Waals surface area contributed by atoms with Crippen molar-refractivity contribution in [2.24, 2.45) is 0 Å². The average Bonchev–Trinajstić information content (AvgIpc) is 3.03. The van der Waals surface area contributed by atoms with E-state index in [9.17, 15) is 19.2 Å². The number of carbonyl (C=O) groups excluding carboxylic acids is 4. The van der Waals surface area contributed by atoms with E-state index in [0.29, 0.717) is 11.3 Å². The molecule has 1 amide bonds. The van der Waals surface area contributed by atoms with E-state index in [-0.39, 0.29) is 30.0 Å². The number of hydrogen-bond donors (Lipinski definition) is 2. The summed E-state index contributed by atoms with van der Waals surface area (Å²) >= 11 is 0. The Labute approximate surface area is 168 Å². The Kier molecular flexibility index (Phi) is 7.30. The zero-order chi connectivity index (χ0) is 21.6. The Balaban J connectivity index is 2.45. The quantitative estimate of drug-likeness (QED) is 0.399. The number of Topliss-reactive ketones (excluding diaryl/α,β-unsaturated/α-hetero) is 1. The minimum absolute atomic E-state index is 0.0456. The largest absolute Gasteiger partial charge is 0.465 e. The van der Waals surface area contributed by atoms with Gasteiger partial charge in [-0.3, -0.25) is 14.4 Å². The van der Waals surface area contributed by atoms with Crippen molar-refractivity contribution in [3.63, 3.8) is 0 Å². The van der Waals surface area contributed by atoms with Gasteiger partial charge < -0.3 is 19.8 Å². The Hall–Kier alpha value is -3.42. The average molecular weight is 400 g/mol. The number of hydrogen-bond acceptors (Lipinski definition) is 6. The molecular formula is C21H24N2O6. The van der Waals surface area contributed by atoms with Gasteiger partial charge >= 0.3 is 11.9 Å². The lowest BCUT2D eigenvalue weighted by atomic mass is 9.97. The number of carbonyl (C=O) groups is 4. The molecule has 0 radical (unpaired) electrons. The maximum absolute atomic E-state index is 12.8. The lowest BCUT2D eigenvalue weighted by Crippen LogP contribution is -2.36. The molecule has 1 aromatic heterocycles. The fraction of sp³-hybridized carbons (Fsp3) is 0.333. The number of aryl methyl sites for hydroxylation is 2. The van der Waals surface area contributed by atoms with Crippen LogP contribution in [0.15, 0.2) is 24.3 Å². The van der Waals surface area contributed by atoms with Crippen molar-refractivity contribution in [3.05, 3.63) is 46.8 Å². The van der Waals surface area contributed by atoms with Crippen LogP contribution in [-0.2, 0) is 19.1 Å². The van der Waals surface area contributed by atoms with Crippen LogP contribution in [0.2, 0.25) is 0 Å². The summed E-state index contributed by atoms with van der Waals surface area (Å²) in [6.45, 7) is 6.75. The molecule has 1 heterocycles. The van der Waals surface area contributed by atoms with E-state index < -0.39 is 30.2 Å². The summed E-state index contributed by atoms with van der Waals surface area (Å²) < 4.78 is 9.85. The van der Waals surface area contributed by atoms with Gasteiger partial charge in [0.25, 0.3) is 11.7 Å². The summed E-state index contributed by atoms with van der Waals surface area (Å²) in [5, 5.41) is 2.24. The van der Waals surface area contributed by atoms with E-state index in [1.807, 2.05) is 19.1 Å². The number of ether oxygens (including phenoxy) is 2. The predicted octanol–water partition coefficient (Wildman–Crippen LogP) is 2.34. The maximum atomic E-state index is 12.8. The van der Waals surface area contributed by atoms with Crippen molar-refractivity contribution >= 4 is 23.6 Å². The van der Waals surface area contributed by atoms with Crippen LogP contribution in [0.5, 0.6) is 0 Å². The van der Waals surface area contributed by atoms with E-state index in [1.165, 1.54) is 0 Å². The van der Waals surface area contributed by atoms with Crippen LogP contribution >= 0.6 is 0 Å². The lowest BCUT2D eigenvalue weighted by Gasteiger charge is -2.09. The highest BCUT2D eigenvalue weighted by molar-refractivity contribution is 6.44. The number of H-pyrrole nitrogens is 1. The predicted molar refractivity (Wildman–Crippen MR) is 106 cm³/mol. The zero-order valence-corrected chi connectivity index (χ0v) is 16.9. The molecule has 2 rings (SSSR count). The number of benzene rings is 1. The van der Waals surface area contributed by atoms with E-state index in [4.69, 9.17) is 9.47 Å². The van der Waals surface area contributed by atoms with Crippen LogP contribution in [0, 0.1) is 13.8 Å². The molecule has 2 N–H and O–H groups in total. The minimum Gasteiger partial charge on any atom is -0.465 e. The van der Waals surface area contributed by atoms with Crippen molar-refractivity contribution in [1.29, 1.82) is 0 Å². The summed E-state index contributed by atoms with van der Waals surface area (Å²) in [7, 11) is 0. The van der Waals surface area contributed by atoms with Gasteiger partial charge in [-0.15, -0.1) is 0 Å². The van der Waals surface area contributed by atoms with Crippen LogP contribution in [0.25, 0.3) is 11.1 Å². The summed E-state index contributed by atoms with van der Waals surface area (Å²) in [6, 6.07) is 7.19. The molecule has 8 heteroatoms. The van der Waals surface area contributed by atoms with E-state index in [1.54, 1.807) is 32.9 Å². The Morgan fingerprint density at radius 1 is 0.966 bits per heavy atom. The zero-order valence-electron chi connectivity index (χ0n) is 16.9. The molecule has 0 aliphatic rings. The molecule has 29 heavy (non-hydrogen) atoms. The van der Waals surface area contributed by atoms with Crippen molar-refractivity contribution in [2.75, 3.05) is 19.8 Å². The summed E-state index contributed by atoms with van der Waals surface area (Å²) in [4.78, 5) is 51.8. The molecular weight excluding hydrogens is 376 g/mol. The van der Waals surface area contributed by atoms with E-state index >= 15 is 0 Å². The van der Waals surface area contributed by atoms with Gasteiger partial charge in [0.2, 0.25) is 0 Å². The Morgan fingerprint density at radius 3 is 2.17 bits per heavy atom. The molecule has 8 nitrogen and oxygen atoms in total. The third-order valence-corrected chi connectivity index (χ3v) is 4.14. The van der Waals surface area contributed by atoms with Gasteiger partial charge in [0.15, 0.2) is 0 Å². The van der Waals surface area contributed by atoms with Gasteiger partial charge in [0, 0.05) is 11.3 Å². The van der Waals surface area contributed by atoms with Gasteiger partial charge in [-0.1, -0.05) is 29.8 Å². The molecule has 2 aromatic rings. The number of amides is 1. The van der Waals surface area contributed by atoms with E-state index in [0.717, 1.165) is 5.56 Å². The van der Waals surface area contributed by atoms with Gasteiger partial charge in [-0.25, -0.2) is 4.79 Å². The third kappa shape index (κ3) is 5.10. The number of rotatable bonds is 8. The monoisotopic (exact) mass is 400 g/mol. The number of ketones is 1. The molecule has 0 aliphatic carbocycles. The summed E-state index contributed by atoms with van der Waals surface area (Å²) in [5.41, 5.74) is 2.43. The van der Waals surface area contributed by atoms with Gasteiger partial charge in [-0.2, -0.15) is 0 Å². The smallest absolute Gasteiger partial charge is 0.340 e. The second kappa shape index (κ2) is 9.68. The van der Waals surface area contributed by atoms with Crippen molar-refractivity contribution in [2.45, 2.75) is 27.7 Å². The molecule has 0 saturated heterocycles. The molecule has 0 atom stereocenters. The Bertz CT molecular complexity index is 927. The second-order valence-corrected chi connectivity index (χ2v) is 6.28. The number of aromatic nitrogens is 1.